The highest BCUT2D eigenvalue weighted by Gasteiger charge is 2.15. The highest BCUT2D eigenvalue weighted by atomic mass is 35.5. The van der Waals surface area contributed by atoms with Gasteiger partial charge in [0.1, 0.15) is 11.5 Å². The molecule has 1 aromatic rings. The third-order valence-corrected chi connectivity index (χ3v) is 3.22. The van der Waals surface area contributed by atoms with E-state index in [2.05, 4.69) is 23.0 Å². The highest BCUT2D eigenvalue weighted by Crippen LogP contribution is 2.31. The lowest BCUT2D eigenvalue weighted by Crippen LogP contribution is -2.06. The molecule has 3 heteroatoms. The van der Waals surface area contributed by atoms with Crippen LogP contribution < -0.4 is 0 Å². The average Bonchev–Trinajstić information content (AvgIpc) is 2.29. The molecule has 1 aliphatic carbocycles. The van der Waals surface area contributed by atoms with Crippen LogP contribution in [-0.4, -0.2) is 9.97 Å². The third kappa shape index (κ3) is 2.57. The van der Waals surface area contributed by atoms with Crippen LogP contribution in [0.1, 0.15) is 38.3 Å². The normalized spacial score (nSPS) is 21.2. The maximum absolute atomic E-state index is 5.86. The lowest BCUT2D eigenvalue weighted by Gasteiger charge is -2.20. The summed E-state index contributed by atoms with van der Waals surface area (Å²) < 4.78 is 0. The van der Waals surface area contributed by atoms with Crippen LogP contribution in [-0.2, 0) is 0 Å². The molecule has 1 heterocycles. The van der Waals surface area contributed by atoms with E-state index in [1.54, 1.807) is 0 Å². The van der Waals surface area contributed by atoms with Gasteiger partial charge < -0.3 is 0 Å². The molecule has 0 amide bonds. The quantitative estimate of drug-likeness (QED) is 0.713. The molecule has 0 saturated carbocycles. The molecule has 0 spiro atoms. The zero-order valence-electron chi connectivity index (χ0n) is 8.91. The first kappa shape index (κ1) is 10.6. The van der Waals surface area contributed by atoms with Gasteiger partial charge in [-0.05, 0) is 30.8 Å². The van der Waals surface area contributed by atoms with E-state index >= 15 is 0 Å². The Labute approximate surface area is 95.4 Å². The molecule has 2 nitrogen and oxygen atoms in total. The van der Waals surface area contributed by atoms with E-state index in [1.807, 2.05) is 6.07 Å². The monoisotopic (exact) mass is 222 g/mol. The Morgan fingerprint density at radius 1 is 1.47 bits per heavy atom. The molecule has 1 unspecified atom stereocenters. The molecule has 0 fully saturated rings. The zero-order chi connectivity index (χ0) is 10.7. The summed E-state index contributed by atoms with van der Waals surface area (Å²) in [5, 5.41) is 0.527. The number of hydrogen-bond acceptors (Lipinski definition) is 2. The van der Waals surface area contributed by atoms with Gasteiger partial charge in [0.05, 0.1) is 5.69 Å². The summed E-state index contributed by atoms with van der Waals surface area (Å²) in [7, 11) is 0. The summed E-state index contributed by atoms with van der Waals surface area (Å²) in [6.07, 6.45) is 8.66. The van der Waals surface area contributed by atoms with Gasteiger partial charge in [0.25, 0.3) is 0 Å². The van der Waals surface area contributed by atoms with Crippen molar-refractivity contribution in [2.75, 3.05) is 0 Å². The molecule has 0 radical (unpaired) electrons. The van der Waals surface area contributed by atoms with Crippen molar-refractivity contribution < 1.29 is 0 Å². The Kier molecular flexibility index (Phi) is 3.37. The van der Waals surface area contributed by atoms with Gasteiger partial charge in [-0.25, -0.2) is 9.97 Å². The largest absolute Gasteiger partial charge is 0.237 e. The Morgan fingerprint density at radius 3 is 3.07 bits per heavy atom. The molecule has 0 aromatic carbocycles. The number of halogens is 1. The van der Waals surface area contributed by atoms with Gasteiger partial charge >= 0.3 is 0 Å². The molecular weight excluding hydrogens is 208 g/mol. The van der Waals surface area contributed by atoms with E-state index in [0.717, 1.165) is 24.5 Å². The zero-order valence-corrected chi connectivity index (χ0v) is 9.67. The van der Waals surface area contributed by atoms with Crippen molar-refractivity contribution in [2.45, 2.75) is 32.6 Å². The number of rotatable bonds is 2. The second-order valence-corrected chi connectivity index (χ2v) is 4.40. The van der Waals surface area contributed by atoms with Crippen LogP contribution >= 0.6 is 11.6 Å². The summed E-state index contributed by atoms with van der Waals surface area (Å²) in [4.78, 5) is 8.17. The fourth-order valence-electron chi connectivity index (χ4n) is 2.06. The molecular formula is C12H15ClN2. The maximum Gasteiger partial charge on any atom is 0.133 e. The fourth-order valence-corrected chi connectivity index (χ4v) is 2.20. The van der Waals surface area contributed by atoms with Crippen LogP contribution in [0.5, 0.6) is 0 Å². The van der Waals surface area contributed by atoms with Crippen LogP contribution in [0.3, 0.4) is 0 Å². The van der Waals surface area contributed by atoms with Crippen LogP contribution in [0.15, 0.2) is 18.5 Å². The lowest BCUT2D eigenvalue weighted by atomic mass is 9.86. The minimum absolute atomic E-state index is 0.527. The predicted octanol–water partition coefficient (Wildman–Crippen LogP) is 3.72. The Hall–Kier alpha value is -0.890. The maximum atomic E-state index is 5.86. The first-order valence-electron chi connectivity index (χ1n) is 5.46. The molecule has 0 saturated heterocycles. The van der Waals surface area contributed by atoms with Crippen molar-refractivity contribution in [3.63, 3.8) is 0 Å². The Bertz CT molecular complexity index is 374. The molecule has 0 N–H and O–H groups in total. The van der Waals surface area contributed by atoms with E-state index in [-0.39, 0.29) is 0 Å². The van der Waals surface area contributed by atoms with Gasteiger partial charge in [-0.1, -0.05) is 31.0 Å². The van der Waals surface area contributed by atoms with Gasteiger partial charge in [-0.15, -0.1) is 0 Å². The topological polar surface area (TPSA) is 25.8 Å². The van der Waals surface area contributed by atoms with E-state index in [0.29, 0.717) is 5.15 Å². The van der Waals surface area contributed by atoms with Crippen LogP contribution in [0.2, 0.25) is 5.15 Å². The Morgan fingerprint density at radius 2 is 2.33 bits per heavy atom. The Balaban J connectivity index is 2.20. The van der Waals surface area contributed by atoms with E-state index < -0.39 is 0 Å². The minimum Gasteiger partial charge on any atom is -0.237 e. The summed E-state index contributed by atoms with van der Waals surface area (Å²) in [6, 6.07) is 1.85. The molecule has 0 bridgehead atoms. The van der Waals surface area contributed by atoms with Gasteiger partial charge in [-0.2, -0.15) is 0 Å². The summed E-state index contributed by atoms with van der Waals surface area (Å²) in [5.41, 5.74) is 2.32. The van der Waals surface area contributed by atoms with Gasteiger partial charge in [0.15, 0.2) is 0 Å². The van der Waals surface area contributed by atoms with Crippen LogP contribution in [0.25, 0.3) is 5.57 Å². The summed E-state index contributed by atoms with van der Waals surface area (Å²) in [5.74, 6) is 0.804. The fraction of sp³-hybridized carbons (Fsp3) is 0.500. The second kappa shape index (κ2) is 4.75. The minimum atomic E-state index is 0.527. The van der Waals surface area contributed by atoms with Gasteiger partial charge in [-0.3, -0.25) is 0 Å². The molecule has 1 atom stereocenters. The molecule has 2 rings (SSSR count). The molecule has 1 aliphatic rings. The first-order valence-corrected chi connectivity index (χ1v) is 5.84. The third-order valence-electron chi connectivity index (χ3n) is 3.01. The number of nitrogens with zero attached hydrogens (tertiary/aromatic N) is 2. The SMILES string of the molecule is CCC1CCC=C(c2cc(Cl)ncn2)C1. The number of aromatic nitrogens is 2. The smallest absolute Gasteiger partial charge is 0.133 e. The average molecular weight is 223 g/mol. The van der Waals surface area contributed by atoms with Gasteiger partial charge in [0.2, 0.25) is 0 Å². The van der Waals surface area contributed by atoms with Crippen molar-refractivity contribution in [1.82, 2.24) is 9.97 Å². The van der Waals surface area contributed by atoms with Crippen molar-refractivity contribution in [3.05, 3.63) is 29.3 Å². The molecule has 0 aliphatic heterocycles. The van der Waals surface area contributed by atoms with E-state index in [9.17, 15) is 0 Å². The summed E-state index contributed by atoms with van der Waals surface area (Å²) in [6.45, 7) is 2.25. The van der Waals surface area contributed by atoms with Crippen LogP contribution in [0, 0.1) is 5.92 Å². The predicted molar refractivity (Wildman–Crippen MR) is 62.7 cm³/mol. The number of hydrogen-bond donors (Lipinski definition) is 0. The van der Waals surface area contributed by atoms with Crippen molar-refractivity contribution in [3.8, 4) is 0 Å². The summed E-state index contributed by atoms with van der Waals surface area (Å²) >= 11 is 5.86. The van der Waals surface area contributed by atoms with Crippen molar-refractivity contribution in [1.29, 1.82) is 0 Å². The van der Waals surface area contributed by atoms with E-state index in [4.69, 9.17) is 11.6 Å². The van der Waals surface area contributed by atoms with Gasteiger partial charge in [0, 0.05) is 6.07 Å². The molecule has 80 valence electrons. The van der Waals surface area contributed by atoms with Crippen LogP contribution in [0.4, 0.5) is 0 Å². The number of allylic oxidation sites excluding steroid dienone is 2. The first-order chi connectivity index (χ1) is 7.29. The van der Waals surface area contributed by atoms with Crippen molar-refractivity contribution >= 4 is 17.2 Å². The van der Waals surface area contributed by atoms with Crippen molar-refractivity contribution in [2.24, 2.45) is 5.92 Å². The molecule has 15 heavy (non-hydrogen) atoms. The standard InChI is InChI=1S/C12H15ClN2/c1-2-9-4-3-5-10(6-9)11-7-12(13)15-8-14-11/h5,7-9H,2-4,6H2,1H3. The second-order valence-electron chi connectivity index (χ2n) is 4.01. The molecule has 1 aromatic heterocycles. The lowest BCUT2D eigenvalue weighted by molar-refractivity contribution is 0.472. The van der Waals surface area contributed by atoms with E-state index in [1.165, 1.54) is 24.7 Å². The highest BCUT2D eigenvalue weighted by molar-refractivity contribution is 6.29.